The zero-order valence-electron chi connectivity index (χ0n) is 22.2. The molecule has 2 aromatic heterocycles. The Hall–Kier alpha value is -2.93. The number of rotatable bonds is 8. The molecule has 5 rings (SSSR count). The molecule has 1 amide bonds. The lowest BCUT2D eigenvalue weighted by atomic mass is 9.89. The lowest BCUT2D eigenvalue weighted by Gasteiger charge is -2.37. The minimum absolute atomic E-state index is 0.00877. The van der Waals surface area contributed by atoms with Gasteiger partial charge in [0.05, 0.1) is 12.1 Å². The number of hydrogen-bond donors (Lipinski definition) is 1. The highest BCUT2D eigenvalue weighted by Gasteiger charge is 2.32. The Morgan fingerprint density at radius 3 is 2.53 bits per heavy atom. The molecule has 0 bridgehead atoms. The van der Waals surface area contributed by atoms with Gasteiger partial charge in [-0.2, -0.15) is 0 Å². The third-order valence-electron chi connectivity index (χ3n) is 7.68. The maximum absolute atomic E-state index is 14.2. The Morgan fingerprint density at radius 2 is 1.87 bits per heavy atom. The number of aromatic nitrogens is 1. The van der Waals surface area contributed by atoms with E-state index >= 15 is 0 Å². The second-order valence-electron chi connectivity index (χ2n) is 9.89. The van der Waals surface area contributed by atoms with Crippen molar-refractivity contribution in [2.24, 2.45) is 0 Å². The van der Waals surface area contributed by atoms with Crippen molar-refractivity contribution in [3.8, 4) is 16.9 Å². The van der Waals surface area contributed by atoms with Crippen LogP contribution >= 0.6 is 22.9 Å². The van der Waals surface area contributed by atoms with Gasteiger partial charge in [-0.25, -0.2) is 0 Å². The number of ether oxygens (including phenoxy) is 1. The Morgan fingerprint density at radius 1 is 1.11 bits per heavy atom. The van der Waals surface area contributed by atoms with Gasteiger partial charge in [0.15, 0.2) is 0 Å². The van der Waals surface area contributed by atoms with E-state index in [2.05, 4.69) is 41.5 Å². The standard InChI is InChI=1S/C31H34ClN3O2S/c1-4-23-11-9-21(18-34-23)20-10-16-27(37-3)22(17-20)19-35(25-14-12-24(33-2)13-15-25)31(36)30-29(32)26-7-5-6-8-28(26)38-30/h5-11,16-18,24-25,33H,4,12-15,19H2,1-3H3. The number of nitrogens with one attached hydrogen (secondary N) is 1. The molecule has 0 atom stereocenters. The molecule has 4 aromatic rings. The number of methoxy groups -OCH3 is 1. The molecule has 1 aliphatic rings. The topological polar surface area (TPSA) is 54.5 Å². The van der Waals surface area contributed by atoms with Crippen molar-refractivity contribution in [1.82, 2.24) is 15.2 Å². The summed E-state index contributed by atoms with van der Waals surface area (Å²) in [7, 11) is 3.70. The quantitative estimate of drug-likeness (QED) is 0.250. The number of hydrogen-bond acceptors (Lipinski definition) is 5. The normalized spacial score (nSPS) is 17.5. The van der Waals surface area contributed by atoms with Crippen LogP contribution in [0.1, 0.15) is 53.5 Å². The van der Waals surface area contributed by atoms with Gasteiger partial charge in [0.1, 0.15) is 10.6 Å². The van der Waals surface area contributed by atoms with E-state index in [9.17, 15) is 4.79 Å². The first-order chi connectivity index (χ1) is 18.5. The fraction of sp³-hybridized carbons (Fsp3) is 0.355. The predicted molar refractivity (Wildman–Crippen MR) is 157 cm³/mol. The summed E-state index contributed by atoms with van der Waals surface area (Å²) in [5.41, 5.74) is 4.15. The summed E-state index contributed by atoms with van der Waals surface area (Å²) >= 11 is 8.27. The minimum Gasteiger partial charge on any atom is -0.496 e. The first kappa shape index (κ1) is 26.7. The number of pyridine rings is 1. The molecule has 0 saturated heterocycles. The molecular weight excluding hydrogens is 514 g/mol. The van der Waals surface area contributed by atoms with Crippen LogP contribution < -0.4 is 10.1 Å². The van der Waals surface area contributed by atoms with E-state index in [1.807, 2.05) is 48.5 Å². The molecule has 0 aliphatic heterocycles. The summed E-state index contributed by atoms with van der Waals surface area (Å²) in [5, 5.41) is 4.89. The molecule has 198 valence electrons. The molecule has 5 nitrogen and oxygen atoms in total. The number of fused-ring (bicyclic) bond motifs is 1. The zero-order valence-corrected chi connectivity index (χ0v) is 23.7. The second-order valence-corrected chi connectivity index (χ2v) is 11.3. The lowest BCUT2D eigenvalue weighted by Crippen LogP contribution is -2.44. The van der Waals surface area contributed by atoms with Crippen molar-refractivity contribution < 1.29 is 9.53 Å². The lowest BCUT2D eigenvalue weighted by molar-refractivity contribution is 0.0604. The van der Waals surface area contributed by atoms with Gasteiger partial charge in [0, 0.05) is 51.7 Å². The molecule has 1 fully saturated rings. The van der Waals surface area contributed by atoms with E-state index in [0.29, 0.717) is 22.5 Å². The largest absolute Gasteiger partial charge is 0.496 e. The molecule has 1 aliphatic carbocycles. The summed E-state index contributed by atoms with van der Waals surface area (Å²) in [6.07, 6.45) is 6.80. The molecule has 0 radical (unpaired) electrons. The van der Waals surface area contributed by atoms with Crippen molar-refractivity contribution in [3.63, 3.8) is 0 Å². The smallest absolute Gasteiger partial charge is 0.266 e. The number of thiophene rings is 1. The fourth-order valence-corrected chi connectivity index (χ4v) is 6.86. The summed E-state index contributed by atoms with van der Waals surface area (Å²) in [6.45, 7) is 2.56. The minimum atomic E-state index is -0.00877. The highest BCUT2D eigenvalue weighted by Crippen LogP contribution is 2.38. The van der Waals surface area contributed by atoms with Crippen molar-refractivity contribution in [1.29, 1.82) is 0 Å². The molecule has 7 heteroatoms. The number of carbonyl (C=O) groups excluding carboxylic acids is 1. The van der Waals surface area contributed by atoms with Gasteiger partial charge in [-0.05, 0) is 69.0 Å². The van der Waals surface area contributed by atoms with Crippen LogP contribution in [0, 0.1) is 0 Å². The van der Waals surface area contributed by atoms with Gasteiger partial charge >= 0.3 is 0 Å². The molecular formula is C31H34ClN3O2S. The number of nitrogens with zero attached hydrogens (tertiary/aromatic N) is 2. The summed E-state index contributed by atoms with van der Waals surface area (Å²) in [4.78, 5) is 21.4. The SMILES string of the molecule is CCc1ccc(-c2ccc(OC)c(CN(C(=O)c3sc4ccccc4c3Cl)C3CCC(NC)CC3)c2)cn1. The van der Waals surface area contributed by atoms with Crippen LogP contribution in [0.5, 0.6) is 5.75 Å². The fourth-order valence-electron chi connectivity index (χ4n) is 5.39. The van der Waals surface area contributed by atoms with E-state index < -0.39 is 0 Å². The van der Waals surface area contributed by atoms with E-state index in [1.165, 1.54) is 11.3 Å². The molecule has 38 heavy (non-hydrogen) atoms. The van der Waals surface area contributed by atoms with Gasteiger partial charge in [-0.1, -0.05) is 48.9 Å². The predicted octanol–water partition coefficient (Wildman–Crippen LogP) is 7.36. The van der Waals surface area contributed by atoms with Gasteiger partial charge in [0.25, 0.3) is 5.91 Å². The maximum Gasteiger partial charge on any atom is 0.266 e. The molecule has 2 heterocycles. The molecule has 1 N–H and O–H groups in total. The molecule has 1 saturated carbocycles. The summed E-state index contributed by atoms with van der Waals surface area (Å²) in [6, 6.07) is 18.9. The highest BCUT2D eigenvalue weighted by atomic mass is 35.5. The highest BCUT2D eigenvalue weighted by molar-refractivity contribution is 7.21. The number of benzene rings is 2. The average Bonchev–Trinajstić information content (AvgIpc) is 3.32. The van der Waals surface area contributed by atoms with Gasteiger partial charge in [-0.15, -0.1) is 11.3 Å². The summed E-state index contributed by atoms with van der Waals surface area (Å²) < 4.78 is 6.80. The first-order valence-electron chi connectivity index (χ1n) is 13.3. The summed E-state index contributed by atoms with van der Waals surface area (Å²) in [5.74, 6) is 0.765. The Bertz CT molecular complexity index is 1410. The van der Waals surface area contributed by atoms with Crippen LogP contribution in [0.4, 0.5) is 0 Å². The molecule has 0 unspecified atom stereocenters. The molecule has 2 aromatic carbocycles. The van der Waals surface area contributed by atoms with E-state index in [-0.39, 0.29) is 11.9 Å². The number of aryl methyl sites for hydroxylation is 1. The van der Waals surface area contributed by atoms with Crippen molar-refractivity contribution in [3.05, 3.63) is 82.0 Å². The van der Waals surface area contributed by atoms with Crippen molar-refractivity contribution >= 4 is 38.9 Å². The van der Waals surface area contributed by atoms with Gasteiger partial charge in [-0.3, -0.25) is 9.78 Å². The number of amides is 1. The number of carbonyl (C=O) groups is 1. The van der Waals surface area contributed by atoms with Crippen LogP contribution in [-0.2, 0) is 13.0 Å². The third kappa shape index (κ3) is 5.44. The molecule has 0 spiro atoms. The first-order valence-corrected chi connectivity index (χ1v) is 14.5. The van der Waals surface area contributed by atoms with Crippen LogP contribution in [-0.4, -0.2) is 42.0 Å². The third-order valence-corrected chi connectivity index (χ3v) is 9.34. The average molecular weight is 548 g/mol. The maximum atomic E-state index is 14.2. The Balaban J connectivity index is 1.51. The van der Waals surface area contributed by atoms with Gasteiger partial charge in [0.2, 0.25) is 0 Å². The van der Waals surface area contributed by atoms with Gasteiger partial charge < -0.3 is 15.0 Å². The van der Waals surface area contributed by atoms with Crippen molar-refractivity contribution in [2.75, 3.05) is 14.2 Å². The van der Waals surface area contributed by atoms with Crippen molar-refractivity contribution in [2.45, 2.75) is 57.7 Å². The van der Waals surface area contributed by atoms with Crippen LogP contribution in [0.25, 0.3) is 21.2 Å². The van der Waals surface area contributed by atoms with E-state index in [1.54, 1.807) is 7.11 Å². The van der Waals surface area contributed by atoms with Crippen LogP contribution in [0.3, 0.4) is 0 Å². The zero-order chi connectivity index (χ0) is 26.6. The van der Waals surface area contributed by atoms with E-state index in [4.69, 9.17) is 16.3 Å². The second kappa shape index (κ2) is 11.9. The Kier molecular flexibility index (Phi) is 8.32. The van der Waals surface area contributed by atoms with Crippen LogP contribution in [0.2, 0.25) is 5.02 Å². The Labute approximate surface area is 233 Å². The monoisotopic (exact) mass is 547 g/mol. The van der Waals surface area contributed by atoms with Crippen LogP contribution in [0.15, 0.2) is 60.8 Å². The van der Waals surface area contributed by atoms with E-state index in [0.717, 1.165) is 70.3 Å². The number of halogens is 1.